The van der Waals surface area contributed by atoms with E-state index in [1.54, 1.807) is 30.5 Å². The molecule has 10 nitrogen and oxygen atoms in total. The Kier molecular flexibility index (Phi) is 6.92. The van der Waals surface area contributed by atoms with E-state index in [1.165, 1.54) is 11.4 Å². The molecule has 0 aliphatic rings. The van der Waals surface area contributed by atoms with E-state index in [9.17, 15) is 14.7 Å². The van der Waals surface area contributed by atoms with E-state index in [4.69, 9.17) is 10.7 Å². The maximum Gasteiger partial charge on any atom is 0.248 e. The number of aryl methyl sites for hydroxylation is 1. The van der Waals surface area contributed by atoms with Gasteiger partial charge in [-0.05, 0) is 31.7 Å². The van der Waals surface area contributed by atoms with Crippen LogP contribution in [0.15, 0.2) is 42.9 Å². The minimum Gasteiger partial charge on any atom is -0.387 e. The summed E-state index contributed by atoms with van der Waals surface area (Å²) in [4.78, 5) is 38.2. The first-order valence-electron chi connectivity index (χ1n) is 11.5. The fourth-order valence-electron chi connectivity index (χ4n) is 4.35. The predicted octanol–water partition coefficient (Wildman–Crippen LogP) is 2.73. The number of nitrogen functional groups attached to an aromatic ring is 1. The van der Waals surface area contributed by atoms with Crippen molar-refractivity contribution in [2.75, 3.05) is 19.4 Å². The van der Waals surface area contributed by atoms with Gasteiger partial charge in [-0.15, -0.1) is 0 Å². The number of H-pyrrole nitrogens is 1. The van der Waals surface area contributed by atoms with Gasteiger partial charge in [0.1, 0.15) is 18.2 Å². The van der Waals surface area contributed by atoms with E-state index < -0.39 is 6.61 Å². The Morgan fingerprint density at radius 2 is 1.94 bits per heavy atom. The van der Waals surface area contributed by atoms with Gasteiger partial charge in [0, 0.05) is 36.6 Å². The molecule has 182 valence electrons. The highest BCUT2D eigenvalue weighted by molar-refractivity contribution is 6.00. The lowest BCUT2D eigenvalue weighted by Gasteiger charge is -2.27. The van der Waals surface area contributed by atoms with Crippen LogP contribution in [0.5, 0.6) is 0 Å². The average molecular weight is 476 g/mol. The monoisotopic (exact) mass is 475 g/mol. The van der Waals surface area contributed by atoms with E-state index in [1.807, 2.05) is 31.2 Å². The number of aliphatic hydroxyl groups excluding tert-OH is 1. The Morgan fingerprint density at radius 3 is 2.54 bits per heavy atom. The normalized spacial score (nSPS) is 12.1. The van der Waals surface area contributed by atoms with Crippen molar-refractivity contribution in [2.24, 2.45) is 0 Å². The van der Waals surface area contributed by atoms with Crippen LogP contribution in [0.2, 0.25) is 0 Å². The van der Waals surface area contributed by atoms with Crippen LogP contribution in [0.25, 0.3) is 28.2 Å². The van der Waals surface area contributed by atoms with Crippen LogP contribution in [0.4, 0.5) is 5.82 Å². The number of nitrogens with one attached hydrogen (secondary N) is 1. The number of rotatable bonds is 9. The maximum atomic E-state index is 12.5. The second-order valence-corrected chi connectivity index (χ2v) is 8.45. The van der Waals surface area contributed by atoms with Crippen LogP contribution >= 0.6 is 0 Å². The SMILES string of the molecule is CC[C@H](CCc1nc2c(-c3ccc(-c4ncc[nH]4)cc3)cnn2c(N)c1C(C)=O)N(C)C(=O)CO. The largest absolute Gasteiger partial charge is 0.387 e. The molecule has 0 radical (unpaired) electrons. The van der Waals surface area contributed by atoms with Crippen molar-refractivity contribution >= 4 is 23.2 Å². The number of aliphatic hydroxyl groups is 1. The van der Waals surface area contributed by atoms with Gasteiger partial charge in [-0.3, -0.25) is 9.59 Å². The highest BCUT2D eigenvalue weighted by atomic mass is 16.3. The van der Waals surface area contributed by atoms with Crippen LogP contribution in [0, 0.1) is 0 Å². The maximum absolute atomic E-state index is 12.5. The van der Waals surface area contributed by atoms with Gasteiger partial charge < -0.3 is 20.7 Å². The fraction of sp³-hybridized carbons (Fsp3) is 0.320. The number of nitrogens with two attached hydrogens (primary N) is 1. The summed E-state index contributed by atoms with van der Waals surface area (Å²) in [5.74, 6) is 0.480. The van der Waals surface area contributed by atoms with Crippen molar-refractivity contribution in [3.8, 4) is 22.5 Å². The van der Waals surface area contributed by atoms with Crippen LogP contribution in [-0.4, -0.2) is 66.0 Å². The number of carbonyl (C=O) groups is 2. The van der Waals surface area contributed by atoms with Gasteiger partial charge in [0.05, 0.1) is 17.5 Å². The zero-order valence-electron chi connectivity index (χ0n) is 20.0. The first kappa shape index (κ1) is 24.1. The molecule has 0 bridgehead atoms. The molecule has 4 N–H and O–H groups in total. The Balaban J connectivity index is 1.71. The highest BCUT2D eigenvalue weighted by Gasteiger charge is 2.23. The van der Waals surface area contributed by atoms with Crippen LogP contribution in [-0.2, 0) is 11.2 Å². The average Bonchev–Trinajstić information content (AvgIpc) is 3.54. The molecule has 4 aromatic rings. The lowest BCUT2D eigenvalue weighted by Crippen LogP contribution is -2.38. The number of fused-ring (bicyclic) bond motifs is 1. The quantitative estimate of drug-likeness (QED) is 0.316. The molecule has 0 saturated carbocycles. The molecule has 0 saturated heterocycles. The standard InChI is InChI=1S/C25H29N7O3/c1-4-18(31(3)21(35)14-33)9-10-20-22(15(2)34)23(26)32-25(30-20)19(13-29-32)16-5-7-17(8-6-16)24-27-11-12-28-24/h5-8,11-13,18,33H,4,9-10,14,26H2,1-3H3,(H,27,28)/t18-/m1/s1. The number of nitrogens with zero attached hydrogens (tertiary/aromatic N) is 5. The molecule has 1 aromatic carbocycles. The second kappa shape index (κ2) is 10.1. The van der Waals surface area contributed by atoms with E-state index in [0.29, 0.717) is 36.2 Å². The van der Waals surface area contributed by atoms with E-state index >= 15 is 0 Å². The third-order valence-electron chi connectivity index (χ3n) is 6.34. The highest BCUT2D eigenvalue weighted by Crippen LogP contribution is 2.29. The summed E-state index contributed by atoms with van der Waals surface area (Å²) in [5, 5.41) is 13.6. The van der Waals surface area contributed by atoms with Gasteiger partial charge in [0.15, 0.2) is 11.4 Å². The van der Waals surface area contributed by atoms with Gasteiger partial charge in [0.25, 0.3) is 0 Å². The number of benzene rings is 1. The van der Waals surface area contributed by atoms with Crippen molar-refractivity contribution < 1.29 is 14.7 Å². The zero-order valence-corrected chi connectivity index (χ0v) is 20.0. The predicted molar refractivity (Wildman–Crippen MR) is 133 cm³/mol. The minimum atomic E-state index is -0.541. The van der Waals surface area contributed by atoms with Gasteiger partial charge in [-0.2, -0.15) is 9.61 Å². The Bertz CT molecular complexity index is 1340. The number of imidazole rings is 1. The first-order chi connectivity index (χ1) is 16.8. The molecule has 0 aliphatic carbocycles. The summed E-state index contributed by atoms with van der Waals surface area (Å²) in [6, 6.07) is 7.76. The number of carbonyl (C=O) groups excluding carboxylic acids is 2. The number of hydrogen-bond donors (Lipinski definition) is 3. The number of anilines is 1. The molecule has 0 spiro atoms. The molecule has 1 atom stereocenters. The number of aromatic amines is 1. The van der Waals surface area contributed by atoms with Crippen molar-refractivity contribution in [1.82, 2.24) is 29.5 Å². The van der Waals surface area contributed by atoms with Gasteiger partial charge >= 0.3 is 0 Å². The van der Waals surface area contributed by atoms with Crippen molar-refractivity contribution in [1.29, 1.82) is 0 Å². The summed E-state index contributed by atoms with van der Waals surface area (Å²) in [6.07, 6.45) is 6.89. The van der Waals surface area contributed by atoms with Crippen LogP contribution < -0.4 is 5.73 Å². The third-order valence-corrected chi connectivity index (χ3v) is 6.34. The lowest BCUT2D eigenvalue weighted by atomic mass is 10.0. The molecular formula is C25H29N7O3. The molecular weight excluding hydrogens is 446 g/mol. The number of amides is 1. The van der Waals surface area contributed by atoms with Crippen molar-refractivity contribution in [3.05, 3.63) is 54.1 Å². The van der Waals surface area contributed by atoms with E-state index in [-0.39, 0.29) is 23.6 Å². The summed E-state index contributed by atoms with van der Waals surface area (Å²) in [5.41, 5.74) is 10.5. The summed E-state index contributed by atoms with van der Waals surface area (Å²) in [6.45, 7) is 2.89. The number of aromatic nitrogens is 5. The zero-order chi connectivity index (χ0) is 25.1. The molecule has 4 rings (SSSR count). The lowest BCUT2D eigenvalue weighted by molar-refractivity contribution is -0.135. The Morgan fingerprint density at radius 1 is 1.23 bits per heavy atom. The molecule has 0 aliphatic heterocycles. The number of likely N-dealkylation sites (N-methyl/N-ethyl adjacent to an activating group) is 1. The van der Waals surface area contributed by atoms with E-state index in [0.717, 1.165) is 22.5 Å². The summed E-state index contributed by atoms with van der Waals surface area (Å²) in [7, 11) is 1.67. The van der Waals surface area contributed by atoms with Crippen molar-refractivity contribution in [3.63, 3.8) is 0 Å². The number of Topliss-reactive ketones (excluding diaryl/α,β-unsaturated/α-hetero) is 1. The number of ketones is 1. The Labute approximate surface area is 202 Å². The van der Waals surface area contributed by atoms with Gasteiger partial charge in [0.2, 0.25) is 5.91 Å². The van der Waals surface area contributed by atoms with Crippen LogP contribution in [0.1, 0.15) is 42.7 Å². The third kappa shape index (κ3) is 4.65. The molecule has 3 aromatic heterocycles. The molecule has 0 fully saturated rings. The first-order valence-corrected chi connectivity index (χ1v) is 11.5. The fourth-order valence-corrected chi connectivity index (χ4v) is 4.35. The van der Waals surface area contributed by atoms with Crippen molar-refractivity contribution in [2.45, 2.75) is 39.2 Å². The summed E-state index contributed by atoms with van der Waals surface area (Å²) >= 11 is 0. The second-order valence-electron chi connectivity index (χ2n) is 8.45. The van der Waals surface area contributed by atoms with Gasteiger partial charge in [-0.25, -0.2) is 9.97 Å². The van der Waals surface area contributed by atoms with Crippen LogP contribution in [0.3, 0.4) is 0 Å². The van der Waals surface area contributed by atoms with E-state index in [2.05, 4.69) is 15.1 Å². The number of hydrogen-bond acceptors (Lipinski definition) is 7. The topological polar surface area (TPSA) is 142 Å². The van der Waals surface area contributed by atoms with Gasteiger partial charge in [-0.1, -0.05) is 31.2 Å². The molecule has 3 heterocycles. The molecule has 10 heteroatoms. The molecule has 1 amide bonds. The summed E-state index contributed by atoms with van der Waals surface area (Å²) < 4.78 is 1.49. The minimum absolute atomic E-state index is 0.104. The Hall–Kier alpha value is -4.05. The smallest absolute Gasteiger partial charge is 0.248 e. The molecule has 0 unspecified atom stereocenters. The molecule has 35 heavy (non-hydrogen) atoms.